The Morgan fingerprint density at radius 2 is 1.74 bits per heavy atom. The largest absolute Gasteiger partial charge is 0.412 e. The lowest BCUT2D eigenvalue weighted by Gasteiger charge is -2.49. The molecule has 1 amide bonds. The molecular weight excluding hydrogens is 440 g/mol. The molecule has 2 aliphatic heterocycles. The fraction of sp³-hybridized carbons (Fsp3) is 0.407. The minimum absolute atomic E-state index is 0.0486. The second kappa shape index (κ2) is 10.8. The van der Waals surface area contributed by atoms with E-state index in [1.54, 1.807) is 0 Å². The van der Waals surface area contributed by atoms with Gasteiger partial charge in [0.1, 0.15) is 0 Å². The van der Waals surface area contributed by atoms with E-state index in [1.807, 2.05) is 68.4 Å². The number of nitrogens with two attached hydrogens (primary N) is 1. The smallest absolute Gasteiger partial charge is 0.291 e. The quantitative estimate of drug-likeness (QED) is 0.397. The molecule has 0 bridgehead atoms. The highest BCUT2D eigenvalue weighted by atomic mass is 16.5. The number of hydrogen-bond donors (Lipinski definition) is 4. The molecule has 2 aromatic carbocycles. The summed E-state index contributed by atoms with van der Waals surface area (Å²) in [4.78, 5) is 21.8. The molecule has 8 nitrogen and oxygen atoms in total. The zero-order chi connectivity index (χ0) is 24.8. The minimum Gasteiger partial charge on any atom is -0.412 e. The zero-order valence-corrected chi connectivity index (χ0v) is 20.4. The molecule has 2 heterocycles. The zero-order valence-electron chi connectivity index (χ0n) is 20.4. The van der Waals surface area contributed by atoms with Crippen molar-refractivity contribution >= 4 is 29.2 Å². The van der Waals surface area contributed by atoms with Crippen molar-refractivity contribution in [3.63, 3.8) is 0 Å². The first kappa shape index (κ1) is 24.6. The highest BCUT2D eigenvalue weighted by molar-refractivity contribution is 6.19. The molecule has 1 unspecified atom stereocenters. The van der Waals surface area contributed by atoms with Crippen LogP contribution in [-0.4, -0.2) is 42.8 Å². The molecular formula is C27H34N6O2. The molecule has 1 atom stereocenters. The van der Waals surface area contributed by atoms with Gasteiger partial charge in [-0.2, -0.15) is 4.99 Å². The number of carbonyl (C=O) groups excluding carboxylic acids is 1. The number of ether oxygens (including phenoxy) is 1. The summed E-state index contributed by atoms with van der Waals surface area (Å²) in [5.74, 6) is -0.235. The fourth-order valence-corrected chi connectivity index (χ4v) is 5.04. The number of nitrogens with one attached hydrogen (secondary N) is 3. The number of hydrogen-bond acceptors (Lipinski definition) is 6. The lowest BCUT2D eigenvalue weighted by Crippen LogP contribution is -2.48. The molecule has 184 valence electrons. The highest BCUT2D eigenvalue weighted by Gasteiger charge is 2.47. The maximum atomic E-state index is 12.9. The van der Waals surface area contributed by atoms with Crippen LogP contribution in [0.1, 0.15) is 50.7 Å². The Morgan fingerprint density at radius 3 is 2.46 bits per heavy atom. The van der Waals surface area contributed by atoms with Crippen LogP contribution in [0.25, 0.3) is 0 Å². The van der Waals surface area contributed by atoms with Crippen molar-refractivity contribution < 1.29 is 9.53 Å². The number of carbonyl (C=O) groups is 1. The number of amidine groups is 1. The number of rotatable bonds is 3. The molecule has 1 saturated carbocycles. The summed E-state index contributed by atoms with van der Waals surface area (Å²) in [6, 6.07) is 16.9. The Hall–Kier alpha value is -3.52. The molecule has 2 aromatic rings. The van der Waals surface area contributed by atoms with Crippen LogP contribution in [0.4, 0.5) is 5.69 Å². The lowest BCUT2D eigenvalue weighted by atomic mass is 9.57. The molecule has 0 aromatic heterocycles. The maximum Gasteiger partial charge on any atom is 0.291 e. The SMILES string of the molecule is CC.N=C(O/C(N)=N/C1N=C(c2ccccc2)c2ccccc2NC1=O)C1CC2(CCNCC2)C1. The predicted octanol–water partition coefficient (Wildman–Crippen LogP) is 3.92. The number of anilines is 1. The number of benzene rings is 2. The Labute approximate surface area is 206 Å². The van der Waals surface area contributed by atoms with E-state index in [9.17, 15) is 4.79 Å². The summed E-state index contributed by atoms with van der Waals surface area (Å²) < 4.78 is 5.54. The summed E-state index contributed by atoms with van der Waals surface area (Å²) in [5, 5.41) is 14.6. The summed E-state index contributed by atoms with van der Waals surface area (Å²) in [6.07, 6.45) is 3.05. The number of para-hydroxylation sites is 1. The summed E-state index contributed by atoms with van der Waals surface area (Å²) in [5.41, 5.74) is 9.34. The summed E-state index contributed by atoms with van der Waals surface area (Å²) >= 11 is 0. The molecule has 0 radical (unpaired) electrons. The van der Waals surface area contributed by atoms with Crippen molar-refractivity contribution in [3.05, 3.63) is 65.7 Å². The van der Waals surface area contributed by atoms with E-state index in [4.69, 9.17) is 15.9 Å². The van der Waals surface area contributed by atoms with Gasteiger partial charge in [-0.1, -0.05) is 62.4 Å². The van der Waals surface area contributed by atoms with Crippen molar-refractivity contribution in [2.75, 3.05) is 18.4 Å². The van der Waals surface area contributed by atoms with Crippen molar-refractivity contribution in [2.45, 2.75) is 45.7 Å². The Kier molecular flexibility index (Phi) is 7.60. The third kappa shape index (κ3) is 5.43. The van der Waals surface area contributed by atoms with E-state index in [2.05, 4.69) is 20.6 Å². The molecule has 3 aliphatic rings. The van der Waals surface area contributed by atoms with Gasteiger partial charge in [-0.05, 0) is 50.3 Å². The standard InChI is InChI=1S/C25H28N6O2.C2H6/c26-21(17-14-25(15-17)10-12-28-13-11-25)33-24(27)31-22-23(32)29-19-9-5-4-8-18(19)20(30-22)16-6-2-1-3-7-16;1-2/h1-9,17,22,26,28H,10-15H2,(H2,27,31)(H,29,32);1-2H3. The number of nitrogens with zero attached hydrogens (tertiary/aromatic N) is 2. The van der Waals surface area contributed by atoms with Crippen molar-refractivity contribution in [1.29, 1.82) is 5.41 Å². The Morgan fingerprint density at radius 1 is 1.09 bits per heavy atom. The number of fused-ring (bicyclic) bond motifs is 1. The van der Waals surface area contributed by atoms with Crippen LogP contribution in [-0.2, 0) is 9.53 Å². The predicted molar refractivity (Wildman–Crippen MR) is 140 cm³/mol. The van der Waals surface area contributed by atoms with Gasteiger partial charge in [0.05, 0.1) is 11.4 Å². The van der Waals surface area contributed by atoms with Crippen LogP contribution in [0.2, 0.25) is 0 Å². The molecule has 5 N–H and O–H groups in total. The lowest BCUT2D eigenvalue weighted by molar-refractivity contribution is -0.117. The molecule has 35 heavy (non-hydrogen) atoms. The first-order valence-corrected chi connectivity index (χ1v) is 12.4. The first-order valence-electron chi connectivity index (χ1n) is 12.4. The fourth-order valence-electron chi connectivity index (χ4n) is 5.04. The van der Waals surface area contributed by atoms with Gasteiger partial charge in [0.25, 0.3) is 11.9 Å². The maximum absolute atomic E-state index is 12.9. The van der Waals surface area contributed by atoms with E-state index >= 15 is 0 Å². The molecule has 1 spiro atoms. The minimum atomic E-state index is -1.11. The third-order valence-electron chi connectivity index (χ3n) is 6.83. The summed E-state index contributed by atoms with van der Waals surface area (Å²) in [7, 11) is 0. The van der Waals surface area contributed by atoms with Gasteiger partial charge in [-0.15, -0.1) is 0 Å². The van der Waals surface area contributed by atoms with Crippen molar-refractivity contribution in [2.24, 2.45) is 27.1 Å². The van der Waals surface area contributed by atoms with Gasteiger partial charge >= 0.3 is 0 Å². The van der Waals surface area contributed by atoms with Gasteiger partial charge in [0.15, 0.2) is 5.90 Å². The van der Waals surface area contributed by atoms with Crippen LogP contribution in [0.3, 0.4) is 0 Å². The van der Waals surface area contributed by atoms with E-state index in [0.717, 1.165) is 49.9 Å². The van der Waals surface area contributed by atoms with Gasteiger partial charge in [-0.3, -0.25) is 10.2 Å². The Balaban J connectivity index is 0.00000141. The van der Waals surface area contributed by atoms with Crippen LogP contribution >= 0.6 is 0 Å². The number of benzodiazepines with no additional fused rings is 1. The molecule has 1 saturated heterocycles. The van der Waals surface area contributed by atoms with E-state index in [-0.39, 0.29) is 17.8 Å². The van der Waals surface area contributed by atoms with Gasteiger partial charge < -0.3 is 21.1 Å². The molecule has 1 aliphatic carbocycles. The number of amides is 1. The van der Waals surface area contributed by atoms with Gasteiger partial charge in [0.2, 0.25) is 6.17 Å². The normalized spacial score (nSPS) is 21.3. The van der Waals surface area contributed by atoms with Crippen molar-refractivity contribution in [3.8, 4) is 0 Å². The van der Waals surface area contributed by atoms with Crippen LogP contribution in [0.15, 0.2) is 64.6 Å². The van der Waals surface area contributed by atoms with E-state index in [1.165, 1.54) is 0 Å². The monoisotopic (exact) mass is 474 g/mol. The summed E-state index contributed by atoms with van der Waals surface area (Å²) in [6.45, 7) is 6.07. The third-order valence-corrected chi connectivity index (χ3v) is 6.83. The number of aliphatic imine (C=N–C) groups is 2. The molecule has 5 rings (SSSR count). The van der Waals surface area contributed by atoms with Crippen LogP contribution < -0.4 is 16.4 Å². The van der Waals surface area contributed by atoms with Crippen LogP contribution in [0.5, 0.6) is 0 Å². The van der Waals surface area contributed by atoms with Crippen LogP contribution in [0, 0.1) is 16.7 Å². The highest BCUT2D eigenvalue weighted by Crippen LogP contribution is 2.51. The molecule has 8 heteroatoms. The second-order valence-electron chi connectivity index (χ2n) is 9.04. The molecule has 2 fully saturated rings. The van der Waals surface area contributed by atoms with Gasteiger partial charge in [-0.25, -0.2) is 4.99 Å². The topological polar surface area (TPSA) is 125 Å². The average Bonchev–Trinajstić information content (AvgIpc) is 3.01. The van der Waals surface area contributed by atoms with Gasteiger partial charge in [0, 0.05) is 17.0 Å². The Bertz CT molecular complexity index is 1110. The first-order chi connectivity index (χ1) is 17.0. The number of piperidine rings is 1. The van der Waals surface area contributed by atoms with E-state index < -0.39 is 12.1 Å². The average molecular weight is 475 g/mol. The van der Waals surface area contributed by atoms with Crippen molar-refractivity contribution in [1.82, 2.24) is 5.32 Å². The van der Waals surface area contributed by atoms with E-state index in [0.29, 0.717) is 16.8 Å². The second-order valence-corrected chi connectivity index (χ2v) is 9.04.